The number of carbonyl (C=O) groups excluding carboxylic acids is 3. The number of aromatic hydroxyl groups is 1. The largest absolute Gasteiger partial charge is 0.508 e. The summed E-state index contributed by atoms with van der Waals surface area (Å²) in [5, 5.41) is 12.1. The second-order valence-electron chi connectivity index (χ2n) is 5.16. The molecule has 130 valence electrons. The Morgan fingerprint density at radius 1 is 1.08 bits per heavy atom. The number of phenolic OH excluding ortho intramolecular Hbond substituents is 1. The number of benzene rings is 2. The van der Waals surface area contributed by atoms with Crippen molar-refractivity contribution in [3.05, 3.63) is 59.2 Å². The van der Waals surface area contributed by atoms with E-state index >= 15 is 0 Å². The van der Waals surface area contributed by atoms with E-state index in [4.69, 9.17) is 4.74 Å². The van der Waals surface area contributed by atoms with Gasteiger partial charge in [0.15, 0.2) is 6.61 Å². The Morgan fingerprint density at radius 2 is 1.80 bits per heavy atom. The van der Waals surface area contributed by atoms with Crippen molar-refractivity contribution in [3.63, 3.8) is 0 Å². The van der Waals surface area contributed by atoms with Gasteiger partial charge in [-0.3, -0.25) is 4.79 Å². The molecule has 0 atom stereocenters. The number of amides is 1. The predicted molar refractivity (Wildman–Crippen MR) is 89.5 cm³/mol. The summed E-state index contributed by atoms with van der Waals surface area (Å²) in [7, 11) is 1.24. The molecule has 0 heterocycles. The number of rotatable bonds is 5. The monoisotopic (exact) mass is 343 g/mol. The average Bonchev–Trinajstić information content (AvgIpc) is 2.61. The number of esters is 2. The lowest BCUT2D eigenvalue weighted by Crippen LogP contribution is -2.22. The third-order valence-corrected chi connectivity index (χ3v) is 3.39. The first-order valence-electron chi connectivity index (χ1n) is 7.36. The zero-order chi connectivity index (χ0) is 18.4. The number of methoxy groups -OCH3 is 1. The predicted octanol–water partition coefficient (Wildman–Crippen LogP) is 2.28. The average molecular weight is 343 g/mol. The Morgan fingerprint density at radius 3 is 2.48 bits per heavy atom. The maximum absolute atomic E-state index is 11.9. The molecule has 2 aromatic rings. The van der Waals surface area contributed by atoms with Crippen LogP contribution in [0, 0.1) is 6.92 Å². The molecule has 0 radical (unpaired) electrons. The Labute approximate surface area is 144 Å². The van der Waals surface area contributed by atoms with Crippen LogP contribution in [0.25, 0.3) is 0 Å². The summed E-state index contributed by atoms with van der Waals surface area (Å²) in [6, 6.07) is 10.6. The van der Waals surface area contributed by atoms with Crippen LogP contribution in [-0.4, -0.2) is 36.7 Å². The lowest BCUT2D eigenvalue weighted by molar-refractivity contribution is -0.119. The summed E-state index contributed by atoms with van der Waals surface area (Å²) >= 11 is 0. The van der Waals surface area contributed by atoms with Gasteiger partial charge in [0.25, 0.3) is 5.91 Å². The van der Waals surface area contributed by atoms with Gasteiger partial charge < -0.3 is 19.9 Å². The second kappa shape index (κ2) is 7.96. The number of anilines is 1. The molecule has 7 nitrogen and oxygen atoms in total. The lowest BCUT2D eigenvalue weighted by Gasteiger charge is -2.10. The van der Waals surface area contributed by atoms with Crippen molar-refractivity contribution in [2.24, 2.45) is 0 Å². The van der Waals surface area contributed by atoms with Gasteiger partial charge >= 0.3 is 11.9 Å². The minimum Gasteiger partial charge on any atom is -0.508 e. The summed E-state index contributed by atoms with van der Waals surface area (Å²) in [5.74, 6) is -1.98. The fourth-order valence-corrected chi connectivity index (χ4v) is 2.02. The molecule has 0 saturated carbocycles. The summed E-state index contributed by atoms with van der Waals surface area (Å²) in [4.78, 5) is 35.5. The molecule has 1 amide bonds. The van der Waals surface area contributed by atoms with Crippen molar-refractivity contribution in [1.29, 1.82) is 0 Å². The fourth-order valence-electron chi connectivity index (χ4n) is 2.02. The van der Waals surface area contributed by atoms with E-state index in [1.807, 2.05) is 0 Å². The Kier molecular flexibility index (Phi) is 5.73. The quantitative estimate of drug-likeness (QED) is 0.808. The van der Waals surface area contributed by atoms with E-state index in [0.717, 1.165) is 0 Å². The van der Waals surface area contributed by atoms with Crippen LogP contribution in [0.3, 0.4) is 0 Å². The SMILES string of the molecule is COC(=O)c1ccccc1NC(=O)COC(=O)c1ccc(C)c(O)c1. The highest BCUT2D eigenvalue weighted by atomic mass is 16.5. The first-order valence-corrected chi connectivity index (χ1v) is 7.36. The van der Waals surface area contributed by atoms with Crippen molar-refractivity contribution in [2.45, 2.75) is 6.92 Å². The second-order valence-corrected chi connectivity index (χ2v) is 5.16. The van der Waals surface area contributed by atoms with Gasteiger partial charge in [0.2, 0.25) is 0 Å². The van der Waals surface area contributed by atoms with Crippen LogP contribution in [0.1, 0.15) is 26.3 Å². The van der Waals surface area contributed by atoms with Gasteiger partial charge in [0.1, 0.15) is 5.75 Å². The molecule has 0 unspecified atom stereocenters. The molecule has 2 aromatic carbocycles. The minimum atomic E-state index is -0.744. The first kappa shape index (κ1) is 18.0. The van der Waals surface area contributed by atoms with Crippen LogP contribution < -0.4 is 5.32 Å². The van der Waals surface area contributed by atoms with Crippen LogP contribution in [0.15, 0.2) is 42.5 Å². The summed E-state index contributed by atoms with van der Waals surface area (Å²) in [5.41, 5.74) is 1.19. The van der Waals surface area contributed by atoms with Crippen LogP contribution in [-0.2, 0) is 14.3 Å². The molecule has 0 bridgehead atoms. The number of nitrogens with one attached hydrogen (secondary N) is 1. The van der Waals surface area contributed by atoms with E-state index in [1.165, 1.54) is 31.4 Å². The lowest BCUT2D eigenvalue weighted by atomic mass is 10.1. The van der Waals surface area contributed by atoms with Gasteiger partial charge in [-0.05, 0) is 36.8 Å². The van der Waals surface area contributed by atoms with Gasteiger partial charge in [-0.25, -0.2) is 9.59 Å². The molecular formula is C18H17NO6. The number of ether oxygens (including phenoxy) is 2. The zero-order valence-corrected chi connectivity index (χ0v) is 13.7. The van der Waals surface area contributed by atoms with Gasteiger partial charge in [-0.2, -0.15) is 0 Å². The fraction of sp³-hybridized carbons (Fsp3) is 0.167. The number of hydrogen-bond acceptors (Lipinski definition) is 6. The molecule has 0 saturated heterocycles. The Balaban J connectivity index is 1.98. The number of aryl methyl sites for hydroxylation is 1. The van der Waals surface area contributed by atoms with Gasteiger partial charge in [-0.15, -0.1) is 0 Å². The van der Waals surface area contributed by atoms with Gasteiger partial charge in [0.05, 0.1) is 23.9 Å². The van der Waals surface area contributed by atoms with Gasteiger partial charge in [0, 0.05) is 0 Å². The van der Waals surface area contributed by atoms with E-state index in [2.05, 4.69) is 10.1 Å². The molecule has 25 heavy (non-hydrogen) atoms. The van der Waals surface area contributed by atoms with E-state index in [9.17, 15) is 19.5 Å². The Bertz CT molecular complexity index is 815. The summed E-state index contributed by atoms with van der Waals surface area (Å²) < 4.78 is 9.54. The summed E-state index contributed by atoms with van der Waals surface area (Å²) in [6.45, 7) is 1.15. The van der Waals surface area contributed by atoms with Crippen LogP contribution in [0.5, 0.6) is 5.75 Å². The molecule has 0 fully saturated rings. The highest BCUT2D eigenvalue weighted by Gasteiger charge is 2.15. The third-order valence-electron chi connectivity index (χ3n) is 3.39. The molecule has 0 aromatic heterocycles. The molecular weight excluding hydrogens is 326 g/mol. The van der Waals surface area contributed by atoms with Crippen LogP contribution in [0.2, 0.25) is 0 Å². The van der Waals surface area contributed by atoms with Gasteiger partial charge in [-0.1, -0.05) is 18.2 Å². The van der Waals surface area contributed by atoms with Crippen molar-refractivity contribution in [1.82, 2.24) is 0 Å². The van der Waals surface area contributed by atoms with E-state index in [0.29, 0.717) is 5.56 Å². The van der Waals surface area contributed by atoms with Crippen molar-refractivity contribution >= 4 is 23.5 Å². The molecule has 2 rings (SSSR count). The number of carbonyl (C=O) groups is 3. The maximum Gasteiger partial charge on any atom is 0.339 e. The normalized spacial score (nSPS) is 10.0. The van der Waals surface area contributed by atoms with Crippen molar-refractivity contribution in [3.8, 4) is 5.75 Å². The first-order chi connectivity index (χ1) is 11.9. The number of phenols is 1. The smallest absolute Gasteiger partial charge is 0.339 e. The topological polar surface area (TPSA) is 102 Å². The maximum atomic E-state index is 11.9. The van der Waals surface area contributed by atoms with Crippen LogP contribution >= 0.6 is 0 Å². The standard InChI is InChI=1S/C18H17NO6/c1-11-7-8-12(9-15(11)20)17(22)25-10-16(21)19-14-6-4-3-5-13(14)18(23)24-2/h3-9,20H,10H2,1-2H3,(H,19,21). The van der Waals surface area contributed by atoms with Crippen molar-refractivity contribution in [2.75, 3.05) is 19.0 Å². The zero-order valence-electron chi connectivity index (χ0n) is 13.7. The van der Waals surface area contributed by atoms with E-state index in [-0.39, 0.29) is 22.6 Å². The third kappa shape index (κ3) is 4.57. The molecule has 0 aliphatic carbocycles. The molecule has 2 N–H and O–H groups in total. The number of hydrogen-bond donors (Lipinski definition) is 2. The number of para-hydroxylation sites is 1. The minimum absolute atomic E-state index is 0.0362. The molecule has 7 heteroatoms. The highest BCUT2D eigenvalue weighted by Crippen LogP contribution is 2.18. The molecule has 0 aliphatic rings. The highest BCUT2D eigenvalue weighted by molar-refractivity contribution is 6.02. The van der Waals surface area contributed by atoms with Crippen molar-refractivity contribution < 1.29 is 29.0 Å². The van der Waals surface area contributed by atoms with E-state index < -0.39 is 24.5 Å². The summed E-state index contributed by atoms with van der Waals surface area (Å²) in [6.07, 6.45) is 0. The Hall–Kier alpha value is -3.35. The van der Waals surface area contributed by atoms with E-state index in [1.54, 1.807) is 25.1 Å². The molecule has 0 spiro atoms. The van der Waals surface area contributed by atoms with Crippen LogP contribution in [0.4, 0.5) is 5.69 Å². The molecule has 0 aliphatic heterocycles.